The van der Waals surface area contributed by atoms with Crippen LogP contribution in [-0.4, -0.2) is 48.5 Å². The standard InChI is InChI=1S/C20H20N4O3S/c25-18-6-5-14-3-1-2-4-16(14)17(18)12-21-23-19(26)11-15-13-28-20(22-15)24-7-9-27-10-8-24/h1-6,12-13,25H,7-11H2,(H,23,26)/b21-12+. The Hall–Kier alpha value is -2.97. The fourth-order valence-corrected chi connectivity index (χ4v) is 3.95. The number of anilines is 1. The Morgan fingerprint density at radius 1 is 1.29 bits per heavy atom. The highest BCUT2D eigenvalue weighted by atomic mass is 32.1. The number of phenols is 1. The third-order valence-electron chi connectivity index (χ3n) is 4.49. The molecule has 1 aliphatic heterocycles. The van der Waals surface area contributed by atoms with Gasteiger partial charge in [0.05, 0.1) is 31.5 Å². The topological polar surface area (TPSA) is 87.1 Å². The Labute approximate surface area is 166 Å². The van der Waals surface area contributed by atoms with E-state index in [2.05, 4.69) is 20.4 Å². The first-order valence-corrected chi connectivity index (χ1v) is 9.88. The summed E-state index contributed by atoms with van der Waals surface area (Å²) in [6.07, 6.45) is 1.62. The molecule has 1 saturated heterocycles. The maximum Gasteiger partial charge on any atom is 0.246 e. The van der Waals surface area contributed by atoms with Gasteiger partial charge in [0.1, 0.15) is 5.75 Å². The number of thiazole rings is 1. The second-order valence-electron chi connectivity index (χ2n) is 6.41. The molecule has 3 aromatic rings. The maximum atomic E-state index is 12.2. The van der Waals surface area contributed by atoms with Crippen LogP contribution in [0.5, 0.6) is 5.75 Å². The average molecular weight is 396 g/mol. The van der Waals surface area contributed by atoms with Crippen LogP contribution in [0, 0.1) is 0 Å². The number of aromatic nitrogens is 1. The fourth-order valence-electron chi connectivity index (χ4n) is 3.07. The van der Waals surface area contributed by atoms with Gasteiger partial charge in [-0.2, -0.15) is 5.10 Å². The monoisotopic (exact) mass is 396 g/mol. The summed E-state index contributed by atoms with van der Waals surface area (Å²) in [7, 11) is 0. The number of ether oxygens (including phenoxy) is 1. The highest BCUT2D eigenvalue weighted by Gasteiger charge is 2.15. The van der Waals surface area contributed by atoms with E-state index in [1.807, 2.05) is 35.7 Å². The fraction of sp³-hybridized carbons (Fsp3) is 0.250. The van der Waals surface area contributed by atoms with Crippen LogP contribution in [0.4, 0.5) is 5.13 Å². The van der Waals surface area contributed by atoms with Crippen molar-refractivity contribution in [2.45, 2.75) is 6.42 Å². The van der Waals surface area contributed by atoms with E-state index >= 15 is 0 Å². The Bertz CT molecular complexity index is 1010. The van der Waals surface area contributed by atoms with Gasteiger partial charge in [0.25, 0.3) is 0 Å². The molecule has 0 saturated carbocycles. The van der Waals surface area contributed by atoms with E-state index in [4.69, 9.17) is 4.74 Å². The highest BCUT2D eigenvalue weighted by molar-refractivity contribution is 7.13. The summed E-state index contributed by atoms with van der Waals surface area (Å²) >= 11 is 1.53. The molecule has 1 fully saturated rings. The third kappa shape index (κ3) is 4.13. The predicted molar refractivity (Wildman–Crippen MR) is 110 cm³/mol. The Morgan fingerprint density at radius 2 is 2.11 bits per heavy atom. The summed E-state index contributed by atoms with van der Waals surface area (Å²) in [4.78, 5) is 18.9. The van der Waals surface area contributed by atoms with Crippen molar-refractivity contribution in [2.24, 2.45) is 5.10 Å². The van der Waals surface area contributed by atoms with Crippen molar-refractivity contribution in [1.29, 1.82) is 0 Å². The number of nitrogens with zero attached hydrogens (tertiary/aromatic N) is 3. The largest absolute Gasteiger partial charge is 0.507 e. The van der Waals surface area contributed by atoms with E-state index in [0.717, 1.165) is 29.0 Å². The summed E-state index contributed by atoms with van der Waals surface area (Å²) in [6, 6.07) is 11.1. The van der Waals surface area contributed by atoms with Gasteiger partial charge in [-0.1, -0.05) is 30.3 Å². The van der Waals surface area contributed by atoms with Crippen LogP contribution in [0.15, 0.2) is 46.9 Å². The summed E-state index contributed by atoms with van der Waals surface area (Å²) in [5.41, 5.74) is 3.80. The minimum absolute atomic E-state index is 0.117. The van der Waals surface area contributed by atoms with Gasteiger partial charge < -0.3 is 14.7 Å². The Morgan fingerprint density at radius 3 is 2.96 bits per heavy atom. The molecule has 0 unspecified atom stereocenters. The average Bonchev–Trinajstić information content (AvgIpc) is 3.19. The molecular formula is C20H20N4O3S. The van der Waals surface area contributed by atoms with Gasteiger partial charge in [0, 0.05) is 24.0 Å². The van der Waals surface area contributed by atoms with Crippen molar-refractivity contribution >= 4 is 39.4 Å². The van der Waals surface area contributed by atoms with Gasteiger partial charge in [0.2, 0.25) is 5.91 Å². The number of carbonyl (C=O) groups excluding carboxylic acids is 1. The zero-order valence-electron chi connectivity index (χ0n) is 15.2. The molecule has 2 N–H and O–H groups in total. The van der Waals surface area contributed by atoms with Crippen molar-refractivity contribution in [3.8, 4) is 5.75 Å². The maximum absolute atomic E-state index is 12.2. The second-order valence-corrected chi connectivity index (χ2v) is 7.25. The smallest absolute Gasteiger partial charge is 0.246 e. The van der Waals surface area contributed by atoms with Crippen molar-refractivity contribution in [2.75, 3.05) is 31.2 Å². The molecule has 0 atom stereocenters. The minimum atomic E-state index is -0.255. The molecule has 0 bridgehead atoms. The molecule has 1 aromatic heterocycles. The highest BCUT2D eigenvalue weighted by Crippen LogP contribution is 2.25. The molecule has 0 radical (unpaired) electrons. The number of aromatic hydroxyl groups is 1. The number of rotatable bonds is 5. The molecule has 1 aliphatic rings. The lowest BCUT2D eigenvalue weighted by molar-refractivity contribution is -0.120. The second kappa shape index (κ2) is 8.37. The number of morpholine rings is 1. The number of fused-ring (bicyclic) bond motifs is 1. The molecule has 28 heavy (non-hydrogen) atoms. The minimum Gasteiger partial charge on any atom is -0.507 e. The lowest BCUT2D eigenvalue weighted by Gasteiger charge is -2.26. The van der Waals surface area contributed by atoms with Gasteiger partial charge >= 0.3 is 0 Å². The number of carbonyl (C=O) groups is 1. The van der Waals surface area contributed by atoms with E-state index in [1.165, 1.54) is 17.6 Å². The summed E-state index contributed by atoms with van der Waals surface area (Å²) < 4.78 is 5.35. The number of nitrogens with one attached hydrogen (secondary N) is 1. The van der Waals surface area contributed by atoms with Gasteiger partial charge in [-0.15, -0.1) is 11.3 Å². The van der Waals surface area contributed by atoms with E-state index in [9.17, 15) is 9.90 Å². The predicted octanol–water partition coefficient (Wildman–Crippen LogP) is 2.53. The quantitative estimate of drug-likeness (QED) is 0.511. The molecule has 0 spiro atoms. The zero-order valence-corrected chi connectivity index (χ0v) is 16.0. The Balaban J connectivity index is 1.39. The van der Waals surface area contributed by atoms with Crippen LogP contribution < -0.4 is 10.3 Å². The van der Waals surface area contributed by atoms with Crippen molar-refractivity contribution in [1.82, 2.24) is 10.4 Å². The molecule has 0 aliphatic carbocycles. The number of hydrogen-bond acceptors (Lipinski definition) is 7. The van der Waals surface area contributed by atoms with Crippen LogP contribution in [-0.2, 0) is 16.0 Å². The summed E-state index contributed by atoms with van der Waals surface area (Å²) in [6.45, 7) is 3.03. The van der Waals surface area contributed by atoms with E-state index in [-0.39, 0.29) is 18.1 Å². The van der Waals surface area contributed by atoms with Crippen LogP contribution in [0.2, 0.25) is 0 Å². The van der Waals surface area contributed by atoms with E-state index in [0.29, 0.717) is 24.5 Å². The summed E-state index contributed by atoms with van der Waals surface area (Å²) in [5, 5.41) is 18.8. The van der Waals surface area contributed by atoms with E-state index < -0.39 is 0 Å². The lowest BCUT2D eigenvalue weighted by atomic mass is 10.0. The van der Waals surface area contributed by atoms with Crippen LogP contribution in [0.1, 0.15) is 11.3 Å². The number of phenolic OH excluding ortho intramolecular Hbond substituents is 1. The molecule has 144 valence electrons. The molecule has 4 rings (SSSR count). The first-order valence-electron chi connectivity index (χ1n) is 9.00. The van der Waals surface area contributed by atoms with Crippen LogP contribution in [0.3, 0.4) is 0 Å². The molecule has 8 heteroatoms. The van der Waals surface area contributed by atoms with Crippen molar-refractivity contribution in [3.63, 3.8) is 0 Å². The van der Waals surface area contributed by atoms with Crippen molar-refractivity contribution < 1.29 is 14.6 Å². The van der Waals surface area contributed by atoms with Crippen molar-refractivity contribution in [3.05, 3.63) is 53.0 Å². The van der Waals surface area contributed by atoms with Gasteiger partial charge in [0.15, 0.2) is 5.13 Å². The van der Waals surface area contributed by atoms with Gasteiger partial charge in [-0.3, -0.25) is 4.79 Å². The molecular weight excluding hydrogens is 376 g/mol. The molecule has 2 heterocycles. The van der Waals surface area contributed by atoms with E-state index in [1.54, 1.807) is 6.07 Å². The number of hydrogen-bond donors (Lipinski definition) is 2. The molecule has 2 aromatic carbocycles. The summed E-state index contributed by atoms with van der Waals surface area (Å²) in [5.74, 6) is -0.138. The van der Waals surface area contributed by atoms with Gasteiger partial charge in [-0.05, 0) is 16.8 Å². The SMILES string of the molecule is O=C(Cc1csc(N2CCOCC2)n1)N/N=C/c1c(O)ccc2ccccc12. The third-order valence-corrected chi connectivity index (χ3v) is 5.44. The molecule has 7 nitrogen and oxygen atoms in total. The normalized spacial score (nSPS) is 14.6. The number of hydrazone groups is 1. The first-order chi connectivity index (χ1) is 13.7. The molecule has 1 amide bonds. The Kier molecular flexibility index (Phi) is 5.50. The lowest BCUT2D eigenvalue weighted by Crippen LogP contribution is -2.36. The number of amides is 1. The zero-order chi connectivity index (χ0) is 19.3. The van der Waals surface area contributed by atoms with Crippen LogP contribution in [0.25, 0.3) is 10.8 Å². The van der Waals surface area contributed by atoms with Gasteiger partial charge in [-0.25, -0.2) is 10.4 Å². The van der Waals surface area contributed by atoms with Crippen LogP contribution >= 0.6 is 11.3 Å². The number of benzene rings is 2. The first kappa shape index (κ1) is 18.4.